The predicted octanol–water partition coefficient (Wildman–Crippen LogP) is 1.94. The van der Waals surface area contributed by atoms with Crippen molar-refractivity contribution in [2.45, 2.75) is 19.9 Å². The van der Waals surface area contributed by atoms with Crippen molar-refractivity contribution in [2.75, 3.05) is 7.11 Å². The highest BCUT2D eigenvalue weighted by Crippen LogP contribution is 2.20. The number of amides is 1. The Balaban J connectivity index is 2.50. The zero-order valence-corrected chi connectivity index (χ0v) is 11.0. The smallest absolute Gasteiger partial charge is 0.349 e. The molecule has 0 fully saturated rings. The first kappa shape index (κ1) is 13.1. The van der Waals surface area contributed by atoms with Gasteiger partial charge in [0.25, 0.3) is 5.91 Å². The van der Waals surface area contributed by atoms with Crippen LogP contribution in [0.25, 0.3) is 11.0 Å². The molecule has 1 aromatic carbocycles. The number of ether oxygens (including phenoxy) is 1. The molecule has 1 N–H and O–H groups in total. The predicted molar refractivity (Wildman–Crippen MR) is 71.6 cm³/mol. The number of carbonyl (C=O) groups is 1. The average Bonchev–Trinajstić information content (AvgIpc) is 2.36. The number of methoxy groups -OCH3 is 1. The van der Waals surface area contributed by atoms with Crippen LogP contribution in [0, 0.1) is 0 Å². The lowest BCUT2D eigenvalue weighted by Crippen LogP contribution is -2.33. The van der Waals surface area contributed by atoms with E-state index in [1.165, 1.54) is 13.2 Å². The maximum absolute atomic E-state index is 11.8. The summed E-state index contributed by atoms with van der Waals surface area (Å²) in [5.74, 6) is 0.163. The largest absolute Gasteiger partial charge is 0.497 e. The van der Waals surface area contributed by atoms with Crippen molar-refractivity contribution in [1.82, 2.24) is 5.32 Å². The molecule has 0 spiro atoms. The van der Waals surface area contributed by atoms with Gasteiger partial charge >= 0.3 is 5.63 Å². The standard InChI is InChI=1S/C14H15NO4/c1-8(2)15-13(16)11-6-9-4-5-10(18-3)7-12(9)19-14(11)17/h4-8H,1-3H3,(H,15,16). The summed E-state index contributed by atoms with van der Waals surface area (Å²) >= 11 is 0. The number of carbonyl (C=O) groups excluding carboxylic acids is 1. The van der Waals surface area contributed by atoms with E-state index in [0.29, 0.717) is 16.7 Å². The van der Waals surface area contributed by atoms with Crippen molar-refractivity contribution in [3.8, 4) is 5.75 Å². The van der Waals surface area contributed by atoms with Gasteiger partial charge in [0.1, 0.15) is 16.9 Å². The summed E-state index contributed by atoms with van der Waals surface area (Å²) in [6, 6.07) is 6.58. The highest BCUT2D eigenvalue weighted by Gasteiger charge is 2.14. The maximum Gasteiger partial charge on any atom is 0.349 e. The zero-order chi connectivity index (χ0) is 14.0. The molecule has 100 valence electrons. The van der Waals surface area contributed by atoms with E-state index in [2.05, 4.69) is 5.32 Å². The van der Waals surface area contributed by atoms with Crippen LogP contribution in [0.1, 0.15) is 24.2 Å². The molecule has 0 unspecified atom stereocenters. The van der Waals surface area contributed by atoms with Crippen molar-refractivity contribution < 1.29 is 13.9 Å². The quantitative estimate of drug-likeness (QED) is 0.857. The Morgan fingerprint density at radius 1 is 1.32 bits per heavy atom. The lowest BCUT2D eigenvalue weighted by Gasteiger charge is -2.08. The Kier molecular flexibility index (Phi) is 3.55. The maximum atomic E-state index is 11.8. The van der Waals surface area contributed by atoms with Crippen LogP contribution in [-0.2, 0) is 0 Å². The van der Waals surface area contributed by atoms with Crippen molar-refractivity contribution >= 4 is 16.9 Å². The van der Waals surface area contributed by atoms with Crippen molar-refractivity contribution in [3.05, 3.63) is 40.2 Å². The Bertz CT molecular complexity index is 673. The molecule has 0 radical (unpaired) electrons. The van der Waals surface area contributed by atoms with E-state index in [1.807, 2.05) is 13.8 Å². The topological polar surface area (TPSA) is 68.5 Å². The van der Waals surface area contributed by atoms with Crippen molar-refractivity contribution in [1.29, 1.82) is 0 Å². The first-order valence-corrected chi connectivity index (χ1v) is 5.94. The molecule has 0 bridgehead atoms. The molecule has 0 saturated heterocycles. The van der Waals surface area contributed by atoms with Gasteiger partial charge in [0.05, 0.1) is 7.11 Å². The van der Waals surface area contributed by atoms with Gasteiger partial charge in [-0.2, -0.15) is 0 Å². The Morgan fingerprint density at radius 3 is 2.68 bits per heavy atom. The van der Waals surface area contributed by atoms with Crippen molar-refractivity contribution in [2.24, 2.45) is 0 Å². The van der Waals surface area contributed by atoms with Crippen LogP contribution in [0.3, 0.4) is 0 Å². The van der Waals surface area contributed by atoms with E-state index in [4.69, 9.17) is 9.15 Å². The first-order chi connectivity index (χ1) is 9.01. The van der Waals surface area contributed by atoms with Crippen molar-refractivity contribution in [3.63, 3.8) is 0 Å². The van der Waals surface area contributed by atoms with Gasteiger partial charge in [0, 0.05) is 17.5 Å². The average molecular weight is 261 g/mol. The molecule has 0 aliphatic carbocycles. The molecule has 1 amide bonds. The normalized spacial score (nSPS) is 10.7. The van der Waals surface area contributed by atoms with Crippen LogP contribution < -0.4 is 15.7 Å². The second kappa shape index (κ2) is 5.14. The first-order valence-electron chi connectivity index (χ1n) is 5.94. The number of fused-ring (bicyclic) bond motifs is 1. The molecular formula is C14H15NO4. The highest BCUT2D eigenvalue weighted by atomic mass is 16.5. The fraction of sp³-hybridized carbons (Fsp3) is 0.286. The van der Waals surface area contributed by atoms with E-state index in [0.717, 1.165) is 0 Å². The third-order valence-electron chi connectivity index (χ3n) is 2.61. The molecule has 0 atom stereocenters. The van der Waals surface area contributed by atoms with E-state index in [1.54, 1.807) is 18.2 Å². The van der Waals surface area contributed by atoms with Crippen LogP contribution in [0.2, 0.25) is 0 Å². The van der Waals surface area contributed by atoms with E-state index in [9.17, 15) is 9.59 Å². The minimum absolute atomic E-state index is 0.00590. The monoisotopic (exact) mass is 261 g/mol. The molecule has 19 heavy (non-hydrogen) atoms. The summed E-state index contributed by atoms with van der Waals surface area (Å²) in [7, 11) is 1.53. The molecule has 1 heterocycles. The SMILES string of the molecule is COc1ccc2cc(C(=O)NC(C)C)c(=O)oc2c1. The minimum atomic E-state index is -0.654. The molecule has 5 heteroatoms. The van der Waals surface area contributed by atoms with Crippen LogP contribution >= 0.6 is 0 Å². The van der Waals surface area contributed by atoms with Crippen LogP contribution in [-0.4, -0.2) is 19.1 Å². The zero-order valence-electron chi connectivity index (χ0n) is 11.0. The number of hydrogen-bond donors (Lipinski definition) is 1. The van der Waals surface area contributed by atoms with Gasteiger partial charge in [-0.05, 0) is 32.0 Å². The van der Waals surface area contributed by atoms with Gasteiger partial charge < -0.3 is 14.5 Å². The summed E-state index contributed by atoms with van der Waals surface area (Å²) in [6.07, 6.45) is 0. The summed E-state index contributed by atoms with van der Waals surface area (Å²) in [5.41, 5.74) is -0.254. The third-order valence-corrected chi connectivity index (χ3v) is 2.61. The highest BCUT2D eigenvalue weighted by molar-refractivity contribution is 5.96. The minimum Gasteiger partial charge on any atom is -0.497 e. The lowest BCUT2D eigenvalue weighted by atomic mass is 10.1. The van der Waals surface area contributed by atoms with E-state index >= 15 is 0 Å². The van der Waals surface area contributed by atoms with Gasteiger partial charge in [0.15, 0.2) is 0 Å². The van der Waals surface area contributed by atoms with Gasteiger partial charge in [-0.1, -0.05) is 0 Å². The number of hydrogen-bond acceptors (Lipinski definition) is 4. The second-order valence-corrected chi connectivity index (χ2v) is 4.48. The number of nitrogens with one attached hydrogen (secondary N) is 1. The third kappa shape index (κ3) is 2.76. The molecule has 5 nitrogen and oxygen atoms in total. The molecule has 1 aromatic heterocycles. The molecule has 2 aromatic rings. The van der Waals surface area contributed by atoms with Gasteiger partial charge in [-0.3, -0.25) is 4.79 Å². The van der Waals surface area contributed by atoms with E-state index in [-0.39, 0.29) is 11.6 Å². The Morgan fingerprint density at radius 2 is 2.05 bits per heavy atom. The summed E-state index contributed by atoms with van der Waals surface area (Å²) in [5, 5.41) is 3.34. The number of benzene rings is 1. The van der Waals surface area contributed by atoms with E-state index < -0.39 is 11.5 Å². The Hall–Kier alpha value is -2.30. The fourth-order valence-corrected chi connectivity index (χ4v) is 1.72. The molecule has 0 saturated carbocycles. The van der Waals surface area contributed by atoms with Gasteiger partial charge in [-0.15, -0.1) is 0 Å². The van der Waals surface area contributed by atoms with Crippen LogP contribution in [0.5, 0.6) is 5.75 Å². The summed E-state index contributed by atoms with van der Waals surface area (Å²) < 4.78 is 10.2. The second-order valence-electron chi connectivity index (χ2n) is 4.48. The van der Waals surface area contributed by atoms with Crippen LogP contribution in [0.15, 0.2) is 33.5 Å². The molecule has 0 aliphatic heterocycles. The molecular weight excluding hydrogens is 246 g/mol. The number of rotatable bonds is 3. The fourth-order valence-electron chi connectivity index (χ4n) is 1.72. The van der Waals surface area contributed by atoms with Gasteiger partial charge in [0.2, 0.25) is 0 Å². The van der Waals surface area contributed by atoms with Gasteiger partial charge in [-0.25, -0.2) is 4.79 Å². The molecule has 2 rings (SSSR count). The summed E-state index contributed by atoms with van der Waals surface area (Å²) in [6.45, 7) is 3.65. The Labute approximate surface area is 110 Å². The summed E-state index contributed by atoms with van der Waals surface area (Å²) in [4.78, 5) is 23.6. The molecule has 0 aliphatic rings. The van der Waals surface area contributed by atoms with Crippen LogP contribution in [0.4, 0.5) is 0 Å². The lowest BCUT2D eigenvalue weighted by molar-refractivity contribution is 0.0939.